The smallest absolute Gasteiger partial charge is 0.225 e. The van der Waals surface area contributed by atoms with E-state index in [4.69, 9.17) is 0 Å². The number of carbonyl (C=O) groups excluding carboxylic acids is 1. The van der Waals surface area contributed by atoms with Gasteiger partial charge in [0.2, 0.25) is 5.91 Å². The number of thiazole rings is 1. The number of aromatic nitrogens is 3. The summed E-state index contributed by atoms with van der Waals surface area (Å²) < 4.78 is 1.77. The molecule has 2 rings (SSSR count). The van der Waals surface area contributed by atoms with Crippen molar-refractivity contribution in [3.05, 3.63) is 27.3 Å². The number of hydrogen-bond acceptors (Lipinski definition) is 4. The van der Waals surface area contributed by atoms with Gasteiger partial charge in [0, 0.05) is 23.9 Å². The van der Waals surface area contributed by atoms with Gasteiger partial charge in [0.25, 0.3) is 0 Å². The molecule has 2 heterocycles. The number of carbonyl (C=O) groups is 1. The lowest BCUT2D eigenvalue weighted by atomic mass is 10.1. The Morgan fingerprint density at radius 3 is 2.71 bits per heavy atom. The first-order chi connectivity index (χ1) is 10.1. The molecule has 2 aromatic rings. The molecule has 0 unspecified atom stereocenters. The Morgan fingerprint density at radius 1 is 1.38 bits per heavy atom. The van der Waals surface area contributed by atoms with E-state index < -0.39 is 0 Å². The van der Waals surface area contributed by atoms with E-state index in [1.54, 1.807) is 16.0 Å². The Labute approximate surface area is 129 Å². The lowest BCUT2D eigenvalue weighted by Gasteiger charge is -2.07. The van der Waals surface area contributed by atoms with Crippen LogP contribution >= 0.6 is 11.3 Å². The summed E-state index contributed by atoms with van der Waals surface area (Å²) in [6.07, 6.45) is 2.97. The van der Waals surface area contributed by atoms with Crippen LogP contribution < -0.4 is 5.32 Å². The van der Waals surface area contributed by atoms with Gasteiger partial charge in [0.1, 0.15) is 5.82 Å². The Kier molecular flexibility index (Phi) is 5.12. The molecular weight excluding hydrogens is 284 g/mol. The molecule has 0 aliphatic carbocycles. The summed E-state index contributed by atoms with van der Waals surface area (Å²) in [5.41, 5.74) is 5.05. The van der Waals surface area contributed by atoms with E-state index in [-0.39, 0.29) is 5.91 Å². The van der Waals surface area contributed by atoms with E-state index in [0.717, 1.165) is 42.0 Å². The minimum atomic E-state index is 0.0307. The van der Waals surface area contributed by atoms with Crippen LogP contribution in [0.15, 0.2) is 5.51 Å². The monoisotopic (exact) mass is 306 g/mol. The minimum Gasteiger partial charge on any atom is -0.311 e. The molecule has 0 atom stereocenters. The van der Waals surface area contributed by atoms with E-state index in [9.17, 15) is 4.79 Å². The molecule has 0 aliphatic heterocycles. The lowest BCUT2D eigenvalue weighted by molar-refractivity contribution is -0.116. The Morgan fingerprint density at radius 2 is 2.14 bits per heavy atom. The number of nitrogens with one attached hydrogen (secondary N) is 1. The number of nitrogens with zero attached hydrogens (tertiary/aromatic N) is 3. The first-order valence-corrected chi connectivity index (χ1v) is 8.18. The largest absolute Gasteiger partial charge is 0.311 e. The van der Waals surface area contributed by atoms with E-state index >= 15 is 0 Å². The minimum absolute atomic E-state index is 0.0307. The van der Waals surface area contributed by atoms with E-state index in [1.165, 1.54) is 4.88 Å². The van der Waals surface area contributed by atoms with E-state index in [1.807, 2.05) is 19.5 Å². The first-order valence-electron chi connectivity index (χ1n) is 7.30. The highest BCUT2D eigenvalue weighted by Gasteiger charge is 2.15. The predicted octanol–water partition coefficient (Wildman–Crippen LogP) is 2.88. The molecular formula is C15H22N4OS. The molecule has 0 aliphatic rings. The zero-order valence-corrected chi connectivity index (χ0v) is 13.9. The van der Waals surface area contributed by atoms with Gasteiger partial charge in [-0.15, -0.1) is 11.3 Å². The summed E-state index contributed by atoms with van der Waals surface area (Å²) in [6.45, 7) is 6.15. The second-order valence-electron chi connectivity index (χ2n) is 5.01. The van der Waals surface area contributed by atoms with Crippen molar-refractivity contribution < 1.29 is 4.79 Å². The van der Waals surface area contributed by atoms with Crippen LogP contribution in [0.25, 0.3) is 0 Å². The number of aryl methyl sites for hydroxylation is 4. The highest BCUT2D eigenvalue weighted by Crippen LogP contribution is 2.21. The molecule has 0 fully saturated rings. The van der Waals surface area contributed by atoms with Gasteiger partial charge >= 0.3 is 0 Å². The van der Waals surface area contributed by atoms with Crippen LogP contribution in [-0.4, -0.2) is 20.7 Å². The number of rotatable bonds is 6. The summed E-state index contributed by atoms with van der Waals surface area (Å²) >= 11 is 1.61. The average Bonchev–Trinajstić information content (AvgIpc) is 3.00. The van der Waals surface area contributed by atoms with Crippen molar-refractivity contribution in [2.75, 3.05) is 5.32 Å². The summed E-state index contributed by atoms with van der Waals surface area (Å²) in [7, 11) is 1.88. The summed E-state index contributed by atoms with van der Waals surface area (Å²) in [5.74, 6) is 0.864. The third-order valence-electron chi connectivity index (χ3n) is 3.60. The van der Waals surface area contributed by atoms with Crippen LogP contribution in [0, 0.1) is 6.92 Å². The molecule has 0 saturated carbocycles. The molecule has 0 radical (unpaired) electrons. The standard InChI is InChI=1S/C15H22N4OS/c1-5-11-12(6-2)18-19(4)15(11)17-14(20)8-7-13-10(3)16-9-21-13/h9H,5-8H2,1-4H3,(H,17,20). The second kappa shape index (κ2) is 6.85. The highest BCUT2D eigenvalue weighted by molar-refractivity contribution is 7.09. The zero-order valence-electron chi connectivity index (χ0n) is 13.1. The maximum absolute atomic E-state index is 12.2. The summed E-state index contributed by atoms with van der Waals surface area (Å²) in [5, 5.41) is 7.48. The molecule has 6 heteroatoms. The van der Waals surface area contributed by atoms with Crippen molar-refractivity contribution in [1.29, 1.82) is 0 Å². The van der Waals surface area contributed by atoms with Crippen LogP contribution in [0.1, 0.15) is 42.1 Å². The molecule has 0 bridgehead atoms. The third kappa shape index (κ3) is 3.50. The number of amides is 1. The molecule has 2 aromatic heterocycles. The van der Waals surface area contributed by atoms with E-state index in [2.05, 4.69) is 29.2 Å². The molecule has 21 heavy (non-hydrogen) atoms. The molecule has 0 aromatic carbocycles. The Hall–Kier alpha value is -1.69. The van der Waals surface area contributed by atoms with Crippen molar-refractivity contribution in [1.82, 2.24) is 14.8 Å². The molecule has 0 saturated heterocycles. The third-order valence-corrected chi connectivity index (χ3v) is 4.59. The number of hydrogen-bond donors (Lipinski definition) is 1. The molecule has 114 valence electrons. The fraction of sp³-hybridized carbons (Fsp3) is 0.533. The van der Waals surface area contributed by atoms with Gasteiger partial charge in [-0.3, -0.25) is 9.48 Å². The maximum Gasteiger partial charge on any atom is 0.225 e. The van der Waals surface area contributed by atoms with Crippen molar-refractivity contribution in [2.24, 2.45) is 7.05 Å². The SMILES string of the molecule is CCc1nn(C)c(NC(=O)CCc2scnc2C)c1CC. The zero-order chi connectivity index (χ0) is 15.4. The molecule has 1 N–H and O–H groups in total. The normalized spacial score (nSPS) is 10.9. The topological polar surface area (TPSA) is 59.8 Å². The second-order valence-corrected chi connectivity index (χ2v) is 5.95. The van der Waals surface area contributed by atoms with Gasteiger partial charge in [0.05, 0.1) is 16.9 Å². The van der Waals surface area contributed by atoms with Crippen LogP contribution in [-0.2, 0) is 31.1 Å². The quantitative estimate of drug-likeness (QED) is 0.892. The van der Waals surface area contributed by atoms with Gasteiger partial charge < -0.3 is 5.32 Å². The van der Waals surface area contributed by atoms with Gasteiger partial charge in [-0.05, 0) is 26.2 Å². The fourth-order valence-electron chi connectivity index (χ4n) is 2.42. The van der Waals surface area contributed by atoms with Gasteiger partial charge in [-0.2, -0.15) is 5.10 Å². The van der Waals surface area contributed by atoms with Gasteiger partial charge in [-0.25, -0.2) is 4.98 Å². The molecule has 0 spiro atoms. The van der Waals surface area contributed by atoms with Crippen LogP contribution in [0.5, 0.6) is 0 Å². The predicted molar refractivity (Wildman–Crippen MR) is 85.8 cm³/mol. The van der Waals surface area contributed by atoms with Crippen molar-refractivity contribution in [2.45, 2.75) is 46.5 Å². The van der Waals surface area contributed by atoms with Gasteiger partial charge in [-0.1, -0.05) is 13.8 Å². The summed E-state index contributed by atoms with van der Waals surface area (Å²) in [4.78, 5) is 17.6. The fourth-order valence-corrected chi connectivity index (χ4v) is 3.20. The van der Waals surface area contributed by atoms with Crippen LogP contribution in [0.2, 0.25) is 0 Å². The van der Waals surface area contributed by atoms with Crippen LogP contribution in [0.3, 0.4) is 0 Å². The Balaban J connectivity index is 2.03. The lowest BCUT2D eigenvalue weighted by Crippen LogP contribution is -2.16. The molecule has 1 amide bonds. The van der Waals surface area contributed by atoms with Gasteiger partial charge in [0.15, 0.2) is 0 Å². The van der Waals surface area contributed by atoms with Crippen LogP contribution in [0.4, 0.5) is 5.82 Å². The molecule has 5 nitrogen and oxygen atoms in total. The highest BCUT2D eigenvalue weighted by atomic mass is 32.1. The first kappa shape index (κ1) is 15.7. The Bertz CT molecular complexity index is 630. The van der Waals surface area contributed by atoms with Crippen molar-refractivity contribution >= 4 is 23.1 Å². The van der Waals surface area contributed by atoms with Crippen molar-refractivity contribution in [3.8, 4) is 0 Å². The number of anilines is 1. The maximum atomic E-state index is 12.2. The summed E-state index contributed by atoms with van der Waals surface area (Å²) in [6, 6.07) is 0. The van der Waals surface area contributed by atoms with Crippen molar-refractivity contribution in [3.63, 3.8) is 0 Å². The average molecular weight is 306 g/mol. The van der Waals surface area contributed by atoms with E-state index in [0.29, 0.717) is 6.42 Å².